The van der Waals surface area contributed by atoms with Gasteiger partial charge in [-0.2, -0.15) is 0 Å². The zero-order valence-corrected chi connectivity index (χ0v) is 10.3. The predicted octanol–water partition coefficient (Wildman–Crippen LogP) is 3.09. The molecule has 0 radical (unpaired) electrons. The summed E-state index contributed by atoms with van der Waals surface area (Å²) in [4.78, 5) is 0. The van der Waals surface area contributed by atoms with Crippen LogP contribution in [0.25, 0.3) is 0 Å². The summed E-state index contributed by atoms with van der Waals surface area (Å²) in [6.07, 6.45) is 5.34. The lowest BCUT2D eigenvalue weighted by atomic mass is 9.69. The van der Waals surface area contributed by atoms with E-state index in [0.29, 0.717) is 5.54 Å². The van der Waals surface area contributed by atoms with E-state index in [0.717, 1.165) is 11.8 Å². The smallest absolute Gasteiger partial charge is 0.0466 e. The average molecular weight is 215 g/mol. The summed E-state index contributed by atoms with van der Waals surface area (Å²) in [7, 11) is 2.14. The highest BCUT2D eigenvalue weighted by molar-refractivity contribution is 5.40. The molecule has 1 aromatic rings. The molecule has 1 nitrogen and oxygen atoms in total. The van der Waals surface area contributed by atoms with Crippen LogP contribution in [0.1, 0.15) is 37.3 Å². The first kappa shape index (κ1) is 10.3. The molecule has 0 aliphatic heterocycles. The number of benzene rings is 1. The van der Waals surface area contributed by atoms with Gasteiger partial charge in [-0.3, -0.25) is 0 Å². The van der Waals surface area contributed by atoms with Crippen molar-refractivity contribution in [3.8, 4) is 0 Å². The van der Waals surface area contributed by atoms with E-state index in [1.165, 1.54) is 25.7 Å². The third-order valence-electron chi connectivity index (χ3n) is 4.83. The SMILES string of the molecule is CNC12CCC(C)CC1Cc1ccccc12. The lowest BCUT2D eigenvalue weighted by Crippen LogP contribution is -2.47. The van der Waals surface area contributed by atoms with Crippen LogP contribution in [0.2, 0.25) is 0 Å². The Labute approximate surface area is 98.3 Å². The summed E-state index contributed by atoms with van der Waals surface area (Å²) in [5.74, 6) is 1.72. The van der Waals surface area contributed by atoms with Gasteiger partial charge in [0.15, 0.2) is 0 Å². The molecule has 3 unspecified atom stereocenters. The van der Waals surface area contributed by atoms with Crippen molar-refractivity contribution in [3.63, 3.8) is 0 Å². The van der Waals surface area contributed by atoms with Crippen LogP contribution in [0.3, 0.4) is 0 Å². The van der Waals surface area contributed by atoms with Crippen molar-refractivity contribution in [2.75, 3.05) is 7.05 Å². The van der Waals surface area contributed by atoms with E-state index in [9.17, 15) is 0 Å². The van der Waals surface area contributed by atoms with Crippen LogP contribution in [0.4, 0.5) is 0 Å². The Bertz CT molecular complexity index is 398. The van der Waals surface area contributed by atoms with Crippen LogP contribution in [0.5, 0.6) is 0 Å². The largest absolute Gasteiger partial charge is 0.310 e. The molecule has 16 heavy (non-hydrogen) atoms. The molecular weight excluding hydrogens is 194 g/mol. The number of hydrogen-bond donors (Lipinski definition) is 1. The van der Waals surface area contributed by atoms with Crippen molar-refractivity contribution >= 4 is 0 Å². The molecule has 0 heterocycles. The van der Waals surface area contributed by atoms with Gasteiger partial charge in [0.05, 0.1) is 0 Å². The number of fused-ring (bicyclic) bond motifs is 3. The molecule has 0 aromatic heterocycles. The Hall–Kier alpha value is -0.820. The van der Waals surface area contributed by atoms with Crippen molar-refractivity contribution in [1.29, 1.82) is 0 Å². The number of rotatable bonds is 1. The second kappa shape index (κ2) is 3.59. The van der Waals surface area contributed by atoms with Gasteiger partial charge in [-0.15, -0.1) is 0 Å². The molecule has 1 heteroatoms. The third kappa shape index (κ3) is 1.27. The van der Waals surface area contributed by atoms with Crippen molar-refractivity contribution < 1.29 is 0 Å². The van der Waals surface area contributed by atoms with Gasteiger partial charge in [-0.05, 0) is 55.7 Å². The minimum Gasteiger partial charge on any atom is -0.310 e. The summed E-state index contributed by atoms with van der Waals surface area (Å²) in [5, 5.41) is 3.66. The van der Waals surface area contributed by atoms with Crippen LogP contribution in [-0.4, -0.2) is 7.05 Å². The summed E-state index contributed by atoms with van der Waals surface area (Å²) in [6, 6.07) is 9.03. The summed E-state index contributed by atoms with van der Waals surface area (Å²) < 4.78 is 0. The Morgan fingerprint density at radius 1 is 1.31 bits per heavy atom. The van der Waals surface area contributed by atoms with E-state index in [-0.39, 0.29) is 0 Å². The summed E-state index contributed by atoms with van der Waals surface area (Å²) in [6.45, 7) is 2.41. The highest BCUT2D eigenvalue weighted by Gasteiger charge is 2.47. The van der Waals surface area contributed by atoms with Crippen LogP contribution in [0, 0.1) is 11.8 Å². The van der Waals surface area contributed by atoms with E-state index in [2.05, 4.69) is 43.6 Å². The third-order valence-corrected chi connectivity index (χ3v) is 4.83. The van der Waals surface area contributed by atoms with E-state index in [1.807, 2.05) is 0 Å². The highest BCUT2D eigenvalue weighted by atomic mass is 15.0. The zero-order chi connectivity index (χ0) is 11.2. The average Bonchev–Trinajstić information content (AvgIpc) is 2.63. The molecule has 86 valence electrons. The minimum atomic E-state index is 0.295. The normalized spacial score (nSPS) is 36.9. The predicted molar refractivity (Wildman–Crippen MR) is 67.4 cm³/mol. The maximum atomic E-state index is 3.66. The zero-order valence-electron chi connectivity index (χ0n) is 10.3. The van der Waals surface area contributed by atoms with Crippen molar-refractivity contribution in [2.24, 2.45) is 11.8 Å². The van der Waals surface area contributed by atoms with Gasteiger partial charge in [0, 0.05) is 5.54 Å². The van der Waals surface area contributed by atoms with Gasteiger partial charge >= 0.3 is 0 Å². The molecule has 1 fully saturated rings. The maximum Gasteiger partial charge on any atom is 0.0466 e. The summed E-state index contributed by atoms with van der Waals surface area (Å²) >= 11 is 0. The molecule has 3 rings (SSSR count). The second-order valence-electron chi connectivity index (χ2n) is 5.66. The lowest BCUT2D eigenvalue weighted by Gasteiger charge is -2.42. The molecular formula is C15H21N. The topological polar surface area (TPSA) is 12.0 Å². The lowest BCUT2D eigenvalue weighted by molar-refractivity contribution is 0.135. The van der Waals surface area contributed by atoms with Gasteiger partial charge in [-0.25, -0.2) is 0 Å². The van der Waals surface area contributed by atoms with Crippen molar-refractivity contribution in [3.05, 3.63) is 35.4 Å². The Morgan fingerprint density at radius 2 is 2.12 bits per heavy atom. The van der Waals surface area contributed by atoms with Gasteiger partial charge in [0.25, 0.3) is 0 Å². The molecule has 1 saturated carbocycles. The highest BCUT2D eigenvalue weighted by Crippen LogP contribution is 2.50. The van der Waals surface area contributed by atoms with Crippen molar-refractivity contribution in [1.82, 2.24) is 5.32 Å². The molecule has 0 bridgehead atoms. The first-order valence-corrected chi connectivity index (χ1v) is 6.53. The van der Waals surface area contributed by atoms with Crippen LogP contribution in [0.15, 0.2) is 24.3 Å². The fourth-order valence-electron chi connectivity index (χ4n) is 3.96. The van der Waals surface area contributed by atoms with E-state index in [1.54, 1.807) is 11.1 Å². The van der Waals surface area contributed by atoms with Gasteiger partial charge in [0.1, 0.15) is 0 Å². The minimum absolute atomic E-state index is 0.295. The maximum absolute atomic E-state index is 3.66. The van der Waals surface area contributed by atoms with E-state index in [4.69, 9.17) is 0 Å². The molecule has 0 saturated heterocycles. The fourth-order valence-corrected chi connectivity index (χ4v) is 3.96. The first-order chi connectivity index (χ1) is 7.76. The van der Waals surface area contributed by atoms with Crippen LogP contribution in [-0.2, 0) is 12.0 Å². The molecule has 2 aliphatic carbocycles. The van der Waals surface area contributed by atoms with Gasteiger partial charge in [-0.1, -0.05) is 31.2 Å². The second-order valence-corrected chi connectivity index (χ2v) is 5.66. The van der Waals surface area contributed by atoms with Gasteiger partial charge < -0.3 is 5.32 Å². The summed E-state index contributed by atoms with van der Waals surface area (Å²) in [5.41, 5.74) is 3.45. The fraction of sp³-hybridized carbons (Fsp3) is 0.600. The Balaban J connectivity index is 2.06. The Kier molecular flexibility index (Phi) is 2.32. The number of nitrogens with one attached hydrogen (secondary N) is 1. The van der Waals surface area contributed by atoms with Gasteiger partial charge in [0.2, 0.25) is 0 Å². The quantitative estimate of drug-likeness (QED) is 0.759. The molecule has 1 N–H and O–H groups in total. The molecule has 0 spiro atoms. The molecule has 3 atom stereocenters. The number of hydrogen-bond acceptors (Lipinski definition) is 1. The van der Waals surface area contributed by atoms with Crippen molar-refractivity contribution in [2.45, 2.75) is 38.1 Å². The molecule has 0 amide bonds. The van der Waals surface area contributed by atoms with Crippen LogP contribution >= 0.6 is 0 Å². The standard InChI is InChI=1S/C15H21N/c1-11-7-8-15(16-2)13(9-11)10-12-5-3-4-6-14(12)15/h3-6,11,13,16H,7-10H2,1-2H3. The monoisotopic (exact) mass is 215 g/mol. The van der Waals surface area contributed by atoms with Crippen LogP contribution < -0.4 is 5.32 Å². The molecule has 1 aromatic carbocycles. The van der Waals surface area contributed by atoms with E-state index >= 15 is 0 Å². The Morgan fingerprint density at radius 3 is 2.94 bits per heavy atom. The first-order valence-electron chi connectivity index (χ1n) is 6.53. The van der Waals surface area contributed by atoms with E-state index < -0.39 is 0 Å². The molecule has 2 aliphatic rings.